The second-order valence-corrected chi connectivity index (χ2v) is 5.37. The maximum absolute atomic E-state index is 14.4. The SMILES string of the molecule is N/C(=C(\C=N\C(F)F)c1ccc(NCc2ccccc2F)cc1F)C(F)F.[HH]. The molecule has 3 nitrogen and oxygen atoms in total. The Hall–Kier alpha value is -2.97. The van der Waals surface area contributed by atoms with Crippen molar-refractivity contribution < 1.29 is 27.8 Å². The van der Waals surface area contributed by atoms with Crippen LogP contribution in [0.4, 0.5) is 32.0 Å². The molecule has 0 bridgehead atoms. The number of nitrogens with zero attached hydrogens (tertiary/aromatic N) is 1. The van der Waals surface area contributed by atoms with E-state index in [1.54, 1.807) is 6.07 Å². The van der Waals surface area contributed by atoms with Crippen LogP contribution in [0.25, 0.3) is 5.57 Å². The number of benzene rings is 2. The molecule has 0 heterocycles. The minimum absolute atomic E-state index is 0. The van der Waals surface area contributed by atoms with Crippen molar-refractivity contribution in [3.63, 3.8) is 0 Å². The molecule has 2 rings (SSSR count). The summed E-state index contributed by atoms with van der Waals surface area (Å²) in [6.07, 6.45) is -2.76. The maximum atomic E-state index is 14.4. The fourth-order valence-corrected chi connectivity index (χ4v) is 2.23. The lowest BCUT2D eigenvalue weighted by Gasteiger charge is -2.12. The van der Waals surface area contributed by atoms with Gasteiger partial charge in [0.05, 0.1) is 5.70 Å². The Balaban J connectivity index is 0.00000392. The third kappa shape index (κ3) is 5.50. The highest BCUT2D eigenvalue weighted by Gasteiger charge is 2.17. The predicted molar refractivity (Wildman–Crippen MR) is 93.8 cm³/mol. The average Bonchev–Trinajstić information content (AvgIpc) is 2.62. The van der Waals surface area contributed by atoms with Crippen molar-refractivity contribution >= 4 is 17.5 Å². The summed E-state index contributed by atoms with van der Waals surface area (Å²) in [6, 6.07) is 9.36. The van der Waals surface area contributed by atoms with Crippen LogP contribution in [0.2, 0.25) is 0 Å². The minimum Gasteiger partial charge on any atom is -0.397 e. The van der Waals surface area contributed by atoms with Gasteiger partial charge in [0.15, 0.2) is 0 Å². The molecule has 0 aliphatic heterocycles. The molecule has 2 aromatic rings. The minimum atomic E-state index is -3.18. The Bertz CT molecular complexity index is 855. The highest BCUT2D eigenvalue weighted by molar-refractivity contribution is 6.11. The molecule has 0 spiro atoms. The maximum Gasteiger partial charge on any atom is 0.331 e. The van der Waals surface area contributed by atoms with Gasteiger partial charge in [-0.15, -0.1) is 0 Å². The van der Waals surface area contributed by atoms with Crippen LogP contribution in [0.15, 0.2) is 53.2 Å². The molecule has 0 radical (unpaired) electrons. The number of halogens is 6. The topological polar surface area (TPSA) is 50.4 Å². The van der Waals surface area contributed by atoms with Gasteiger partial charge in [0.1, 0.15) is 11.6 Å². The molecule has 9 heteroatoms. The first-order chi connectivity index (χ1) is 12.8. The second kappa shape index (κ2) is 9.11. The molecule has 0 amide bonds. The van der Waals surface area contributed by atoms with Crippen molar-refractivity contribution in [2.24, 2.45) is 10.7 Å². The molecule has 0 saturated carbocycles. The molecule has 0 atom stereocenters. The number of rotatable bonds is 7. The van der Waals surface area contributed by atoms with Crippen LogP contribution in [-0.2, 0) is 6.54 Å². The highest BCUT2D eigenvalue weighted by atomic mass is 19.3. The van der Waals surface area contributed by atoms with Gasteiger partial charge in [0, 0.05) is 36.6 Å². The van der Waals surface area contributed by atoms with Gasteiger partial charge >= 0.3 is 6.55 Å². The number of aliphatic imine (C=N–C) groups is 1. The van der Waals surface area contributed by atoms with Crippen molar-refractivity contribution in [3.8, 4) is 0 Å². The summed E-state index contributed by atoms with van der Waals surface area (Å²) >= 11 is 0. The number of hydrogen-bond acceptors (Lipinski definition) is 3. The first-order valence-corrected chi connectivity index (χ1v) is 7.66. The molecule has 0 fully saturated rings. The van der Waals surface area contributed by atoms with Crippen LogP contribution >= 0.6 is 0 Å². The monoisotopic (exact) mass is 389 g/mol. The van der Waals surface area contributed by atoms with Crippen molar-refractivity contribution in [1.29, 1.82) is 0 Å². The zero-order valence-corrected chi connectivity index (χ0v) is 13.8. The third-order valence-electron chi connectivity index (χ3n) is 3.56. The summed E-state index contributed by atoms with van der Waals surface area (Å²) in [6.45, 7) is -3.10. The van der Waals surface area contributed by atoms with Gasteiger partial charge < -0.3 is 11.1 Å². The van der Waals surface area contributed by atoms with Crippen LogP contribution < -0.4 is 11.1 Å². The predicted octanol–water partition coefficient (Wildman–Crippen LogP) is 5.05. The fourth-order valence-electron chi connectivity index (χ4n) is 2.23. The van der Waals surface area contributed by atoms with Crippen LogP contribution in [0, 0.1) is 11.6 Å². The second-order valence-electron chi connectivity index (χ2n) is 5.37. The third-order valence-corrected chi connectivity index (χ3v) is 3.56. The summed E-state index contributed by atoms with van der Waals surface area (Å²) in [5.41, 5.74) is 3.66. The van der Waals surface area contributed by atoms with E-state index in [1.807, 2.05) is 0 Å². The van der Waals surface area contributed by atoms with Gasteiger partial charge in [-0.2, -0.15) is 8.78 Å². The molecule has 0 aliphatic carbocycles. The van der Waals surface area contributed by atoms with Gasteiger partial charge in [0.2, 0.25) is 0 Å². The van der Waals surface area contributed by atoms with E-state index in [1.165, 1.54) is 24.3 Å². The van der Waals surface area contributed by atoms with E-state index in [9.17, 15) is 26.3 Å². The van der Waals surface area contributed by atoms with E-state index < -0.39 is 41.4 Å². The summed E-state index contributed by atoms with van der Waals surface area (Å²) in [5, 5.41) is 2.78. The zero-order chi connectivity index (χ0) is 20.0. The Morgan fingerprint density at radius 2 is 1.78 bits per heavy atom. The Morgan fingerprint density at radius 3 is 2.37 bits per heavy atom. The van der Waals surface area contributed by atoms with Gasteiger partial charge in [-0.3, -0.25) is 0 Å². The van der Waals surface area contributed by atoms with Crippen LogP contribution in [0.5, 0.6) is 0 Å². The van der Waals surface area contributed by atoms with E-state index in [0.29, 0.717) is 11.8 Å². The average molecular weight is 389 g/mol. The van der Waals surface area contributed by atoms with Gasteiger partial charge in [0.25, 0.3) is 6.43 Å². The zero-order valence-electron chi connectivity index (χ0n) is 13.8. The van der Waals surface area contributed by atoms with E-state index in [-0.39, 0.29) is 13.7 Å². The lowest BCUT2D eigenvalue weighted by atomic mass is 10.0. The summed E-state index contributed by atoms with van der Waals surface area (Å²) in [4.78, 5) is 2.70. The van der Waals surface area contributed by atoms with Crippen molar-refractivity contribution in [3.05, 3.63) is 70.9 Å². The van der Waals surface area contributed by atoms with Crippen molar-refractivity contribution in [2.75, 3.05) is 5.32 Å². The normalized spacial score (nSPS) is 12.7. The van der Waals surface area contributed by atoms with Crippen LogP contribution in [-0.4, -0.2) is 19.2 Å². The number of nitrogens with two attached hydrogens (primary N) is 1. The Labute approximate surface area is 152 Å². The number of hydrogen-bond donors (Lipinski definition) is 2. The van der Waals surface area contributed by atoms with Crippen LogP contribution in [0.3, 0.4) is 0 Å². The molecule has 2 aromatic carbocycles. The standard InChI is InChI=1S/C18H15F6N3.H2/c19-14-4-2-1-3-10(14)8-26-11-5-6-12(15(20)7-11)13(9-27-18(23)24)16(25)17(21)22;/h1-7,9,17-18,26H,8,25H2;1H/b16-13+,27-9+;. The van der Waals surface area contributed by atoms with E-state index in [0.717, 1.165) is 12.1 Å². The molecule has 27 heavy (non-hydrogen) atoms. The van der Waals surface area contributed by atoms with Crippen molar-refractivity contribution in [1.82, 2.24) is 0 Å². The van der Waals surface area contributed by atoms with E-state index in [4.69, 9.17) is 5.73 Å². The molecule has 0 aromatic heterocycles. The first-order valence-electron chi connectivity index (χ1n) is 7.66. The number of nitrogens with one attached hydrogen (secondary N) is 1. The number of alkyl halides is 4. The van der Waals surface area contributed by atoms with E-state index >= 15 is 0 Å². The smallest absolute Gasteiger partial charge is 0.331 e. The quantitative estimate of drug-likeness (QED) is 0.396. The first kappa shape index (κ1) is 20.3. The summed E-state index contributed by atoms with van der Waals surface area (Å²) in [5.74, 6) is -1.42. The van der Waals surface area contributed by atoms with E-state index in [2.05, 4.69) is 10.3 Å². The molecular weight excluding hydrogens is 372 g/mol. The van der Waals surface area contributed by atoms with Gasteiger partial charge in [-0.25, -0.2) is 22.6 Å². The Kier molecular flexibility index (Phi) is 6.86. The molecule has 0 unspecified atom stereocenters. The molecular formula is C18H17F6N3. The highest BCUT2D eigenvalue weighted by Crippen LogP contribution is 2.25. The fraction of sp³-hybridized carbons (Fsp3) is 0.167. The molecule has 0 aliphatic rings. The van der Waals surface area contributed by atoms with Gasteiger partial charge in [-0.05, 0) is 24.3 Å². The summed E-state index contributed by atoms with van der Waals surface area (Å²) in [7, 11) is 0. The van der Waals surface area contributed by atoms with Gasteiger partial charge in [-0.1, -0.05) is 18.2 Å². The van der Waals surface area contributed by atoms with Crippen molar-refractivity contribution in [2.45, 2.75) is 19.5 Å². The summed E-state index contributed by atoms with van der Waals surface area (Å²) < 4.78 is 78.1. The van der Waals surface area contributed by atoms with Crippen LogP contribution in [0.1, 0.15) is 12.6 Å². The molecule has 0 saturated heterocycles. The largest absolute Gasteiger partial charge is 0.397 e. The lowest BCUT2D eigenvalue weighted by Crippen LogP contribution is -2.13. The Morgan fingerprint density at radius 1 is 1.07 bits per heavy atom. The number of allylic oxidation sites excluding steroid dienone is 2. The molecule has 3 N–H and O–H groups in total. The molecule has 146 valence electrons. The lowest BCUT2D eigenvalue weighted by molar-refractivity contribution is 0.160. The number of anilines is 1.